The molecule has 4 bridgehead atoms. The van der Waals surface area contributed by atoms with Gasteiger partial charge in [0.1, 0.15) is 5.65 Å². The molecule has 4 fully saturated rings. The van der Waals surface area contributed by atoms with E-state index in [1.54, 1.807) is 12.4 Å². The van der Waals surface area contributed by atoms with Crippen LogP contribution in [-0.4, -0.2) is 32.6 Å². The summed E-state index contributed by atoms with van der Waals surface area (Å²) >= 11 is 0. The molecule has 4 N–H and O–H groups in total. The quantitative estimate of drug-likeness (QED) is 0.500. The summed E-state index contributed by atoms with van der Waals surface area (Å²) in [7, 11) is 0. The monoisotopic (exact) mass is 351 g/mol. The molecule has 2 aromatic rings. The van der Waals surface area contributed by atoms with Crippen molar-refractivity contribution in [2.24, 2.45) is 17.8 Å². The Balaban J connectivity index is 1.53. The van der Waals surface area contributed by atoms with E-state index in [4.69, 9.17) is 5.26 Å². The summed E-state index contributed by atoms with van der Waals surface area (Å²) in [6, 6.07) is 2.14. The number of H-pyrrole nitrogens is 1. The molecule has 7 nitrogen and oxygen atoms in total. The van der Waals surface area contributed by atoms with Crippen molar-refractivity contribution in [3.8, 4) is 6.19 Å². The highest BCUT2D eigenvalue weighted by molar-refractivity contribution is 6.07. The topological polar surface area (TPSA) is 114 Å². The maximum atomic E-state index is 12.4. The van der Waals surface area contributed by atoms with Gasteiger partial charge in [0.2, 0.25) is 0 Å². The van der Waals surface area contributed by atoms with Gasteiger partial charge in [-0.25, -0.2) is 4.98 Å². The van der Waals surface area contributed by atoms with E-state index >= 15 is 0 Å². The van der Waals surface area contributed by atoms with Crippen molar-refractivity contribution in [1.29, 1.82) is 5.26 Å². The first-order valence-electron chi connectivity index (χ1n) is 9.21. The molecular weight excluding hydrogens is 330 g/mol. The number of fused-ring (bicyclic) bond motifs is 1. The Labute approximate surface area is 150 Å². The molecule has 0 saturated heterocycles. The first kappa shape index (κ1) is 15.6. The number of nitriles is 1. The van der Waals surface area contributed by atoms with Crippen LogP contribution in [0, 0.1) is 29.2 Å². The number of anilines is 1. The number of aromatic amines is 1. The van der Waals surface area contributed by atoms with Gasteiger partial charge in [-0.15, -0.1) is 0 Å². The molecule has 7 heteroatoms. The summed E-state index contributed by atoms with van der Waals surface area (Å²) in [6.07, 6.45) is 9.89. The van der Waals surface area contributed by atoms with Crippen LogP contribution in [0.1, 0.15) is 42.5 Å². The molecule has 0 aliphatic heterocycles. The van der Waals surface area contributed by atoms with Gasteiger partial charge in [-0.3, -0.25) is 10.1 Å². The second-order valence-electron chi connectivity index (χ2n) is 8.22. The highest BCUT2D eigenvalue weighted by Gasteiger charge is 2.54. The molecule has 26 heavy (non-hydrogen) atoms. The highest BCUT2D eigenvalue weighted by atomic mass is 16.3. The zero-order valence-corrected chi connectivity index (χ0v) is 14.3. The number of carbonyl (C=O) groups excluding carboxylic acids is 1. The van der Waals surface area contributed by atoms with Gasteiger partial charge >= 0.3 is 0 Å². The molecule has 1 unspecified atom stereocenters. The molecule has 1 amide bonds. The van der Waals surface area contributed by atoms with E-state index < -0.39 is 11.5 Å². The van der Waals surface area contributed by atoms with E-state index in [1.807, 2.05) is 6.07 Å². The van der Waals surface area contributed by atoms with E-state index in [9.17, 15) is 9.90 Å². The number of rotatable bonds is 3. The van der Waals surface area contributed by atoms with Crippen molar-refractivity contribution < 1.29 is 9.90 Å². The summed E-state index contributed by atoms with van der Waals surface area (Å²) in [5.74, 6) is 1.01. The number of hydrogen-bond donors (Lipinski definition) is 4. The Morgan fingerprint density at radius 1 is 1.35 bits per heavy atom. The van der Waals surface area contributed by atoms with Crippen LogP contribution < -0.4 is 10.6 Å². The van der Waals surface area contributed by atoms with Crippen molar-refractivity contribution in [3.63, 3.8) is 0 Å². The molecule has 2 heterocycles. The van der Waals surface area contributed by atoms with Gasteiger partial charge < -0.3 is 15.4 Å². The Morgan fingerprint density at radius 2 is 2.12 bits per heavy atom. The normalized spacial score (nSPS) is 34.6. The Bertz CT molecular complexity index is 914. The average molecular weight is 351 g/mol. The first-order valence-corrected chi connectivity index (χ1v) is 9.21. The van der Waals surface area contributed by atoms with Gasteiger partial charge in [-0.05, 0) is 55.9 Å². The Hall–Kier alpha value is -2.59. The van der Waals surface area contributed by atoms with Gasteiger partial charge in [-0.2, -0.15) is 5.26 Å². The maximum absolute atomic E-state index is 12.4. The fourth-order valence-corrected chi connectivity index (χ4v) is 5.84. The molecule has 134 valence electrons. The first-order chi connectivity index (χ1) is 12.6. The standard InChI is InChI=1S/C19H21N5O2/c20-9-23-18(25)14-8-22-17-13(1-2-21-17)16(14)24-15-11-3-10-4-12(15)7-19(26,5-10)6-11/h1-2,8,10-12,15,26H,3-7H2,(H,23,25)(H2,21,22,24)/t10?,11-,12+,15+,19-. The van der Waals surface area contributed by atoms with Crippen LogP contribution in [-0.2, 0) is 0 Å². The summed E-state index contributed by atoms with van der Waals surface area (Å²) < 4.78 is 0. The maximum Gasteiger partial charge on any atom is 0.267 e. The van der Waals surface area contributed by atoms with Crippen molar-refractivity contribution >= 4 is 22.6 Å². The molecule has 2 aromatic heterocycles. The minimum atomic E-state index is -0.489. The molecule has 0 spiro atoms. The van der Waals surface area contributed by atoms with Gasteiger partial charge in [0.25, 0.3) is 5.91 Å². The molecule has 4 aliphatic carbocycles. The molecule has 0 aromatic carbocycles. The minimum absolute atomic E-state index is 0.237. The van der Waals surface area contributed by atoms with Gasteiger partial charge in [-0.1, -0.05) is 0 Å². The third-order valence-electron chi connectivity index (χ3n) is 6.55. The summed E-state index contributed by atoms with van der Waals surface area (Å²) in [6.45, 7) is 0. The van der Waals surface area contributed by atoms with Crippen LogP contribution in [0.4, 0.5) is 5.69 Å². The lowest BCUT2D eigenvalue weighted by atomic mass is 9.52. The van der Waals surface area contributed by atoms with Crippen LogP contribution >= 0.6 is 0 Å². The van der Waals surface area contributed by atoms with Crippen molar-refractivity contribution in [2.75, 3.05) is 5.32 Å². The lowest BCUT2D eigenvalue weighted by molar-refractivity contribution is -0.129. The largest absolute Gasteiger partial charge is 0.390 e. The fourth-order valence-electron chi connectivity index (χ4n) is 5.84. The fraction of sp³-hybridized carbons (Fsp3) is 0.526. The van der Waals surface area contributed by atoms with E-state index in [0.29, 0.717) is 29.0 Å². The average Bonchev–Trinajstić information content (AvgIpc) is 3.05. The van der Waals surface area contributed by atoms with Gasteiger partial charge in [0.05, 0.1) is 16.9 Å². The molecule has 6 rings (SSSR count). The number of carbonyl (C=O) groups is 1. The van der Waals surface area contributed by atoms with Crippen LogP contribution in [0.25, 0.3) is 11.0 Å². The van der Waals surface area contributed by atoms with Crippen LogP contribution in [0.5, 0.6) is 0 Å². The Kier molecular flexibility index (Phi) is 3.28. The van der Waals surface area contributed by atoms with Gasteiger partial charge in [0.15, 0.2) is 6.19 Å². The predicted molar refractivity (Wildman–Crippen MR) is 95.1 cm³/mol. The van der Waals surface area contributed by atoms with E-state index in [0.717, 1.165) is 43.2 Å². The summed E-state index contributed by atoms with van der Waals surface area (Å²) in [5.41, 5.74) is 1.33. The third-order valence-corrected chi connectivity index (χ3v) is 6.55. The van der Waals surface area contributed by atoms with Crippen LogP contribution in [0.3, 0.4) is 0 Å². The van der Waals surface area contributed by atoms with Crippen LogP contribution in [0.2, 0.25) is 0 Å². The zero-order chi connectivity index (χ0) is 17.9. The van der Waals surface area contributed by atoms with E-state index in [-0.39, 0.29) is 6.04 Å². The highest BCUT2D eigenvalue weighted by Crippen LogP contribution is 2.56. The number of hydrogen-bond acceptors (Lipinski definition) is 5. The number of nitrogens with zero attached hydrogens (tertiary/aromatic N) is 2. The number of pyridine rings is 1. The molecule has 5 atom stereocenters. The lowest BCUT2D eigenvalue weighted by Gasteiger charge is -2.58. The van der Waals surface area contributed by atoms with Gasteiger partial charge in [0, 0.05) is 23.8 Å². The molecule has 0 radical (unpaired) electrons. The van der Waals surface area contributed by atoms with E-state index in [2.05, 4.69) is 20.6 Å². The number of aromatic nitrogens is 2. The second kappa shape index (κ2) is 5.45. The number of aliphatic hydroxyl groups is 1. The number of nitrogens with one attached hydrogen (secondary N) is 3. The number of amides is 1. The SMILES string of the molecule is N#CNC(=O)c1cnc2[nH]ccc2c1N[C@H]1[C@@H]2CC3C[C@H]1C[C@@](O)(C3)C2. The Morgan fingerprint density at radius 3 is 2.81 bits per heavy atom. The zero-order valence-electron chi connectivity index (χ0n) is 14.3. The summed E-state index contributed by atoms with van der Waals surface area (Å²) in [4.78, 5) is 19.7. The van der Waals surface area contributed by atoms with E-state index in [1.165, 1.54) is 6.20 Å². The molecule has 4 aliphatic rings. The predicted octanol–water partition coefficient (Wildman–Crippen LogP) is 2.13. The smallest absolute Gasteiger partial charge is 0.267 e. The van der Waals surface area contributed by atoms with Crippen molar-refractivity contribution in [3.05, 3.63) is 24.0 Å². The second-order valence-corrected chi connectivity index (χ2v) is 8.22. The third kappa shape index (κ3) is 2.29. The minimum Gasteiger partial charge on any atom is -0.390 e. The lowest BCUT2D eigenvalue weighted by Crippen LogP contribution is -2.59. The molecule has 4 saturated carbocycles. The van der Waals surface area contributed by atoms with Crippen LogP contribution in [0.15, 0.2) is 18.5 Å². The summed E-state index contributed by atoms with van der Waals surface area (Å²) in [5, 5.41) is 26.3. The van der Waals surface area contributed by atoms with Crippen molar-refractivity contribution in [2.45, 2.75) is 43.7 Å². The molecular formula is C19H21N5O2. The van der Waals surface area contributed by atoms with Crippen molar-refractivity contribution in [1.82, 2.24) is 15.3 Å².